The summed E-state index contributed by atoms with van der Waals surface area (Å²) in [7, 11) is 2.07. The molecule has 1 amide bonds. The Bertz CT molecular complexity index is 462. The minimum Gasteiger partial charge on any atom is -0.393 e. The van der Waals surface area contributed by atoms with E-state index < -0.39 is 0 Å². The van der Waals surface area contributed by atoms with Gasteiger partial charge in [0.1, 0.15) is 0 Å². The van der Waals surface area contributed by atoms with Crippen LogP contribution in [0.5, 0.6) is 0 Å². The van der Waals surface area contributed by atoms with Crippen LogP contribution in [-0.2, 0) is 11.3 Å². The molecule has 0 aromatic heterocycles. The van der Waals surface area contributed by atoms with E-state index in [1.807, 2.05) is 24.3 Å². The number of nitrogens with zero attached hydrogens (tertiary/aromatic N) is 1. The van der Waals surface area contributed by atoms with Gasteiger partial charge in [-0.2, -0.15) is 0 Å². The van der Waals surface area contributed by atoms with Gasteiger partial charge in [0.05, 0.1) is 6.10 Å². The van der Waals surface area contributed by atoms with Crippen molar-refractivity contribution in [3.8, 4) is 0 Å². The average molecular weight is 276 g/mol. The van der Waals surface area contributed by atoms with E-state index in [0.29, 0.717) is 5.92 Å². The van der Waals surface area contributed by atoms with Crippen molar-refractivity contribution in [3.05, 3.63) is 29.8 Å². The standard InChI is InChI=1S/C16H24N2O2/c1-12(19)17-15-8-4-3-6-13(15)10-18(2)11-14-7-5-9-16(14)20/h3-4,6,8,14,16,20H,5,7,9-11H2,1-2H3,(H,17,19). The molecule has 2 rings (SSSR count). The Hall–Kier alpha value is -1.39. The molecule has 1 aliphatic carbocycles. The summed E-state index contributed by atoms with van der Waals surface area (Å²) in [5.74, 6) is 0.333. The van der Waals surface area contributed by atoms with Crippen LogP contribution >= 0.6 is 0 Å². The number of hydrogen-bond donors (Lipinski definition) is 2. The minimum atomic E-state index is -0.150. The maximum Gasteiger partial charge on any atom is 0.221 e. The highest BCUT2D eigenvalue weighted by Crippen LogP contribution is 2.26. The molecular formula is C16H24N2O2. The van der Waals surface area contributed by atoms with Gasteiger partial charge in [-0.25, -0.2) is 0 Å². The van der Waals surface area contributed by atoms with Crippen molar-refractivity contribution in [3.63, 3.8) is 0 Å². The summed E-state index contributed by atoms with van der Waals surface area (Å²) < 4.78 is 0. The number of carbonyl (C=O) groups excluding carboxylic acids is 1. The quantitative estimate of drug-likeness (QED) is 0.867. The molecule has 4 heteroatoms. The van der Waals surface area contributed by atoms with Crippen LogP contribution in [0.1, 0.15) is 31.7 Å². The monoisotopic (exact) mass is 276 g/mol. The topological polar surface area (TPSA) is 52.6 Å². The third-order valence-electron chi connectivity index (χ3n) is 3.93. The van der Waals surface area contributed by atoms with Crippen LogP contribution in [0.3, 0.4) is 0 Å². The molecule has 0 heterocycles. The molecule has 2 atom stereocenters. The van der Waals surface area contributed by atoms with E-state index in [1.54, 1.807) is 0 Å². The first kappa shape index (κ1) is 15.0. The molecule has 0 radical (unpaired) electrons. The van der Waals surface area contributed by atoms with Gasteiger partial charge < -0.3 is 15.3 Å². The van der Waals surface area contributed by atoms with E-state index in [-0.39, 0.29) is 12.0 Å². The number of aliphatic hydroxyl groups is 1. The Kier molecular flexibility index (Phi) is 5.15. The smallest absolute Gasteiger partial charge is 0.221 e. The zero-order chi connectivity index (χ0) is 14.5. The normalized spacial score (nSPS) is 22.2. The van der Waals surface area contributed by atoms with E-state index in [1.165, 1.54) is 6.92 Å². The summed E-state index contributed by atoms with van der Waals surface area (Å²) in [6.07, 6.45) is 3.02. The molecular weight excluding hydrogens is 252 g/mol. The van der Waals surface area contributed by atoms with Crippen LogP contribution in [0.25, 0.3) is 0 Å². The molecule has 0 spiro atoms. The Morgan fingerprint density at radius 3 is 2.80 bits per heavy atom. The number of carbonyl (C=O) groups is 1. The second-order valence-electron chi connectivity index (χ2n) is 5.79. The number of nitrogens with one attached hydrogen (secondary N) is 1. The van der Waals surface area contributed by atoms with E-state index in [2.05, 4.69) is 17.3 Å². The number of anilines is 1. The van der Waals surface area contributed by atoms with Gasteiger partial charge in [-0.1, -0.05) is 24.6 Å². The van der Waals surface area contributed by atoms with Crippen molar-refractivity contribution >= 4 is 11.6 Å². The molecule has 4 nitrogen and oxygen atoms in total. The van der Waals surface area contributed by atoms with E-state index in [0.717, 1.165) is 43.6 Å². The zero-order valence-corrected chi connectivity index (χ0v) is 12.3. The Labute approximate surface area is 120 Å². The number of benzene rings is 1. The molecule has 1 aromatic rings. The second kappa shape index (κ2) is 6.86. The highest BCUT2D eigenvalue weighted by molar-refractivity contribution is 5.89. The van der Waals surface area contributed by atoms with Gasteiger partial charge in [0.15, 0.2) is 0 Å². The van der Waals surface area contributed by atoms with Gasteiger partial charge in [0, 0.05) is 25.7 Å². The lowest BCUT2D eigenvalue weighted by atomic mass is 10.1. The van der Waals surface area contributed by atoms with Crippen molar-refractivity contribution in [2.75, 3.05) is 18.9 Å². The fourth-order valence-electron chi connectivity index (χ4n) is 2.96. The predicted molar refractivity (Wildman–Crippen MR) is 80.4 cm³/mol. The molecule has 1 aromatic carbocycles. The van der Waals surface area contributed by atoms with Gasteiger partial charge in [0.25, 0.3) is 0 Å². The van der Waals surface area contributed by atoms with Crippen LogP contribution in [0.4, 0.5) is 5.69 Å². The molecule has 1 fully saturated rings. The van der Waals surface area contributed by atoms with Crippen LogP contribution in [0.2, 0.25) is 0 Å². The molecule has 0 bridgehead atoms. The maximum absolute atomic E-state index is 11.2. The summed E-state index contributed by atoms with van der Waals surface area (Å²) in [4.78, 5) is 13.4. The number of amides is 1. The first-order chi connectivity index (χ1) is 9.56. The Morgan fingerprint density at radius 2 is 2.15 bits per heavy atom. The Morgan fingerprint density at radius 1 is 1.40 bits per heavy atom. The number of aliphatic hydroxyl groups excluding tert-OH is 1. The molecule has 2 unspecified atom stereocenters. The van der Waals surface area contributed by atoms with E-state index in [9.17, 15) is 9.90 Å². The predicted octanol–water partition coefficient (Wildman–Crippen LogP) is 2.24. The van der Waals surface area contributed by atoms with Crippen molar-refractivity contribution < 1.29 is 9.90 Å². The van der Waals surface area contributed by atoms with E-state index in [4.69, 9.17) is 0 Å². The molecule has 2 N–H and O–H groups in total. The lowest BCUT2D eigenvalue weighted by Gasteiger charge is -2.24. The largest absolute Gasteiger partial charge is 0.393 e. The summed E-state index contributed by atoms with van der Waals surface area (Å²) in [5.41, 5.74) is 1.98. The highest BCUT2D eigenvalue weighted by Gasteiger charge is 2.26. The van der Waals surface area contributed by atoms with Crippen molar-refractivity contribution in [1.29, 1.82) is 0 Å². The van der Waals surface area contributed by atoms with Crippen LogP contribution in [0.15, 0.2) is 24.3 Å². The van der Waals surface area contributed by atoms with Crippen LogP contribution in [0, 0.1) is 5.92 Å². The lowest BCUT2D eigenvalue weighted by Crippen LogP contribution is -2.29. The third-order valence-corrected chi connectivity index (χ3v) is 3.93. The summed E-state index contributed by atoms with van der Waals surface area (Å²) in [5, 5.41) is 12.8. The van der Waals surface area contributed by atoms with Crippen molar-refractivity contribution in [2.45, 2.75) is 38.8 Å². The van der Waals surface area contributed by atoms with Crippen molar-refractivity contribution in [1.82, 2.24) is 4.90 Å². The summed E-state index contributed by atoms with van der Waals surface area (Å²) >= 11 is 0. The lowest BCUT2D eigenvalue weighted by molar-refractivity contribution is -0.114. The molecule has 110 valence electrons. The SMILES string of the molecule is CC(=O)Nc1ccccc1CN(C)CC1CCCC1O. The Balaban J connectivity index is 1.96. The molecule has 1 saturated carbocycles. The number of para-hydroxylation sites is 1. The van der Waals surface area contributed by atoms with E-state index >= 15 is 0 Å². The molecule has 0 aliphatic heterocycles. The first-order valence-electron chi connectivity index (χ1n) is 7.28. The minimum absolute atomic E-state index is 0.0497. The van der Waals surface area contributed by atoms with Gasteiger partial charge >= 0.3 is 0 Å². The number of rotatable bonds is 5. The second-order valence-corrected chi connectivity index (χ2v) is 5.79. The average Bonchev–Trinajstić information content (AvgIpc) is 2.77. The summed E-state index contributed by atoms with van der Waals surface area (Å²) in [6, 6.07) is 7.87. The van der Waals surface area contributed by atoms with Gasteiger partial charge in [0.2, 0.25) is 5.91 Å². The van der Waals surface area contributed by atoms with Crippen LogP contribution < -0.4 is 5.32 Å². The van der Waals surface area contributed by atoms with Crippen molar-refractivity contribution in [2.24, 2.45) is 5.92 Å². The number of hydrogen-bond acceptors (Lipinski definition) is 3. The molecule has 1 aliphatic rings. The zero-order valence-electron chi connectivity index (χ0n) is 12.3. The van der Waals surface area contributed by atoms with Gasteiger partial charge in [-0.05, 0) is 37.4 Å². The fourth-order valence-corrected chi connectivity index (χ4v) is 2.96. The molecule has 20 heavy (non-hydrogen) atoms. The highest BCUT2D eigenvalue weighted by atomic mass is 16.3. The van der Waals surface area contributed by atoms with Gasteiger partial charge in [-0.15, -0.1) is 0 Å². The fraction of sp³-hybridized carbons (Fsp3) is 0.562. The van der Waals surface area contributed by atoms with Crippen LogP contribution in [-0.4, -0.2) is 35.6 Å². The van der Waals surface area contributed by atoms with Gasteiger partial charge in [-0.3, -0.25) is 4.79 Å². The summed E-state index contributed by atoms with van der Waals surface area (Å²) in [6.45, 7) is 3.20. The third kappa shape index (κ3) is 4.05. The maximum atomic E-state index is 11.2. The first-order valence-corrected chi connectivity index (χ1v) is 7.28. The molecule has 0 saturated heterocycles.